The highest BCUT2D eigenvalue weighted by Gasteiger charge is 2.21. The number of ether oxygens (including phenoxy) is 1. The van der Waals surface area contributed by atoms with E-state index in [0.29, 0.717) is 18.0 Å². The summed E-state index contributed by atoms with van der Waals surface area (Å²) in [6, 6.07) is 16.7. The van der Waals surface area contributed by atoms with Crippen molar-refractivity contribution < 1.29 is 20.1 Å². The molecule has 0 aliphatic carbocycles. The minimum atomic E-state index is -0.617. The second-order valence-corrected chi connectivity index (χ2v) is 7.83. The Balaban J connectivity index is 0.00000272. The first-order chi connectivity index (χ1) is 14.5. The average Bonchev–Trinajstić information content (AvgIpc) is 2.75. The second-order valence-electron chi connectivity index (χ2n) is 7.83. The predicted molar refractivity (Wildman–Crippen MR) is 126 cm³/mol. The molecular weight excluding hydrogens is 416 g/mol. The molecule has 0 bridgehead atoms. The lowest BCUT2D eigenvalue weighted by molar-refractivity contribution is 0.0666. The molecule has 3 aromatic rings. The summed E-state index contributed by atoms with van der Waals surface area (Å²) < 4.78 is 5.98. The molecule has 1 unspecified atom stereocenters. The third-order valence-corrected chi connectivity index (χ3v) is 5.64. The number of hydrogen-bond acceptors (Lipinski definition) is 6. The second kappa shape index (κ2) is 10.1. The molecule has 1 saturated heterocycles. The molecule has 0 aromatic heterocycles. The van der Waals surface area contributed by atoms with Crippen LogP contribution in [0.2, 0.25) is 0 Å². The Morgan fingerprint density at radius 3 is 2.26 bits per heavy atom. The van der Waals surface area contributed by atoms with Crippen LogP contribution >= 0.6 is 12.4 Å². The van der Waals surface area contributed by atoms with Crippen molar-refractivity contribution in [1.82, 2.24) is 4.90 Å². The summed E-state index contributed by atoms with van der Waals surface area (Å²) in [6.45, 7) is 5.84. The van der Waals surface area contributed by atoms with E-state index >= 15 is 0 Å². The molecule has 0 spiro atoms. The maximum absolute atomic E-state index is 10.5. The standard InChI is InChI=1S/C24H28N2O4.ClH/c1-17-14-23(29)19-6-2-3-7-20(19)24(17)30-16-18(27)15-25-10-12-26(13-11-25)21-8-4-5-9-22(21)28;/h2-9,14,18,27-29H,10-13,15-16H2,1H3;1H. The summed E-state index contributed by atoms with van der Waals surface area (Å²) in [4.78, 5) is 4.38. The van der Waals surface area contributed by atoms with Gasteiger partial charge in [0.2, 0.25) is 0 Å². The Hall–Kier alpha value is -2.67. The van der Waals surface area contributed by atoms with Gasteiger partial charge in [-0.25, -0.2) is 0 Å². The summed E-state index contributed by atoms with van der Waals surface area (Å²) in [7, 11) is 0. The number of halogens is 1. The number of fused-ring (bicyclic) bond motifs is 1. The monoisotopic (exact) mass is 444 g/mol. The van der Waals surface area contributed by atoms with Crippen LogP contribution in [0, 0.1) is 6.92 Å². The van der Waals surface area contributed by atoms with E-state index in [-0.39, 0.29) is 24.8 Å². The first-order valence-electron chi connectivity index (χ1n) is 10.3. The number of para-hydroxylation sites is 2. The van der Waals surface area contributed by atoms with Gasteiger partial charge in [-0.15, -0.1) is 12.4 Å². The Bertz CT molecular complexity index is 1020. The van der Waals surface area contributed by atoms with Gasteiger partial charge in [0.15, 0.2) is 0 Å². The topological polar surface area (TPSA) is 76.4 Å². The van der Waals surface area contributed by atoms with E-state index in [1.54, 1.807) is 12.1 Å². The van der Waals surface area contributed by atoms with Crippen LogP contribution in [0.3, 0.4) is 0 Å². The molecule has 4 rings (SSSR count). The molecule has 7 heteroatoms. The summed E-state index contributed by atoms with van der Waals surface area (Å²) >= 11 is 0. The van der Waals surface area contributed by atoms with Crippen molar-refractivity contribution in [2.75, 3.05) is 44.2 Å². The predicted octanol–water partition coefficient (Wildman–Crippen LogP) is 3.54. The molecule has 31 heavy (non-hydrogen) atoms. The van der Waals surface area contributed by atoms with Crippen LogP contribution < -0.4 is 9.64 Å². The average molecular weight is 445 g/mol. The number of β-amino-alcohol motifs (C(OH)–C–C–N with tert-alkyl or cyclic N) is 1. The molecule has 0 saturated carbocycles. The van der Waals surface area contributed by atoms with Gasteiger partial charge in [-0.2, -0.15) is 0 Å². The zero-order valence-electron chi connectivity index (χ0n) is 17.6. The van der Waals surface area contributed by atoms with Crippen molar-refractivity contribution in [2.24, 2.45) is 0 Å². The van der Waals surface area contributed by atoms with E-state index < -0.39 is 6.10 Å². The molecule has 6 nitrogen and oxygen atoms in total. The van der Waals surface area contributed by atoms with Crippen LogP contribution in [-0.2, 0) is 0 Å². The zero-order chi connectivity index (χ0) is 21.1. The molecule has 0 radical (unpaired) electrons. The van der Waals surface area contributed by atoms with Crippen molar-refractivity contribution in [1.29, 1.82) is 0 Å². The summed E-state index contributed by atoms with van der Waals surface area (Å²) in [5, 5.41) is 32.3. The fourth-order valence-corrected chi connectivity index (χ4v) is 4.09. The van der Waals surface area contributed by atoms with E-state index in [1.165, 1.54) is 0 Å². The van der Waals surface area contributed by atoms with Crippen molar-refractivity contribution in [3.63, 3.8) is 0 Å². The lowest BCUT2D eigenvalue weighted by atomic mass is 10.0. The fourth-order valence-electron chi connectivity index (χ4n) is 4.09. The van der Waals surface area contributed by atoms with Gasteiger partial charge in [-0.3, -0.25) is 4.90 Å². The minimum Gasteiger partial charge on any atom is -0.507 e. The van der Waals surface area contributed by atoms with Gasteiger partial charge in [0.1, 0.15) is 30.0 Å². The maximum Gasteiger partial charge on any atom is 0.138 e. The van der Waals surface area contributed by atoms with Crippen LogP contribution in [0.5, 0.6) is 17.2 Å². The Morgan fingerprint density at radius 2 is 1.55 bits per heavy atom. The van der Waals surface area contributed by atoms with Crippen LogP contribution in [-0.4, -0.2) is 65.7 Å². The summed E-state index contributed by atoms with van der Waals surface area (Å²) in [5.74, 6) is 1.24. The zero-order valence-corrected chi connectivity index (χ0v) is 18.4. The van der Waals surface area contributed by atoms with E-state index in [0.717, 1.165) is 48.2 Å². The fraction of sp³-hybridized carbons (Fsp3) is 0.333. The number of phenolic OH excluding ortho intramolecular Hbond substituents is 2. The number of aryl methyl sites for hydroxylation is 1. The molecule has 1 aliphatic rings. The van der Waals surface area contributed by atoms with Crippen molar-refractivity contribution in [2.45, 2.75) is 13.0 Å². The molecule has 3 aromatic carbocycles. The van der Waals surface area contributed by atoms with Gasteiger partial charge in [-0.05, 0) is 30.7 Å². The number of aromatic hydroxyl groups is 2. The van der Waals surface area contributed by atoms with Crippen molar-refractivity contribution in [3.8, 4) is 17.2 Å². The Labute approximate surface area is 188 Å². The molecule has 1 fully saturated rings. The highest BCUT2D eigenvalue weighted by Crippen LogP contribution is 2.35. The van der Waals surface area contributed by atoms with Crippen LogP contribution in [0.1, 0.15) is 5.56 Å². The number of aliphatic hydroxyl groups excluding tert-OH is 1. The SMILES string of the molecule is Cc1cc(O)c2ccccc2c1OCC(O)CN1CCN(c2ccccc2O)CC1.Cl. The van der Waals surface area contributed by atoms with Gasteiger partial charge in [0.05, 0.1) is 5.69 Å². The third kappa shape index (κ3) is 5.15. The highest BCUT2D eigenvalue weighted by molar-refractivity contribution is 5.94. The lowest BCUT2D eigenvalue weighted by Crippen LogP contribution is -2.49. The van der Waals surface area contributed by atoms with Gasteiger partial charge < -0.3 is 25.0 Å². The van der Waals surface area contributed by atoms with E-state index in [4.69, 9.17) is 4.74 Å². The smallest absolute Gasteiger partial charge is 0.138 e. The summed E-state index contributed by atoms with van der Waals surface area (Å²) in [5.41, 5.74) is 1.70. The van der Waals surface area contributed by atoms with Gasteiger partial charge in [0.25, 0.3) is 0 Å². The number of hydrogen-bond donors (Lipinski definition) is 3. The third-order valence-electron chi connectivity index (χ3n) is 5.64. The first-order valence-corrected chi connectivity index (χ1v) is 10.3. The number of benzene rings is 3. The highest BCUT2D eigenvalue weighted by atomic mass is 35.5. The summed E-state index contributed by atoms with van der Waals surface area (Å²) in [6.07, 6.45) is -0.617. The number of piperazine rings is 1. The molecule has 1 atom stereocenters. The van der Waals surface area contributed by atoms with Crippen molar-refractivity contribution >= 4 is 28.9 Å². The maximum atomic E-state index is 10.5. The number of nitrogens with zero attached hydrogens (tertiary/aromatic N) is 2. The Morgan fingerprint density at radius 1 is 0.903 bits per heavy atom. The van der Waals surface area contributed by atoms with E-state index in [2.05, 4.69) is 9.80 Å². The lowest BCUT2D eigenvalue weighted by Gasteiger charge is -2.37. The number of anilines is 1. The van der Waals surface area contributed by atoms with Crippen LogP contribution in [0.15, 0.2) is 54.6 Å². The number of aliphatic hydroxyl groups is 1. The van der Waals surface area contributed by atoms with E-state index in [9.17, 15) is 15.3 Å². The minimum absolute atomic E-state index is 0. The molecule has 1 aliphatic heterocycles. The molecule has 0 amide bonds. The number of phenols is 2. The quantitative estimate of drug-likeness (QED) is 0.540. The molecular formula is C24H29ClN2O4. The van der Waals surface area contributed by atoms with Gasteiger partial charge >= 0.3 is 0 Å². The van der Waals surface area contributed by atoms with Gasteiger partial charge in [-0.1, -0.05) is 36.4 Å². The molecule has 3 N–H and O–H groups in total. The Kier molecular flexibility index (Phi) is 7.49. The van der Waals surface area contributed by atoms with Gasteiger partial charge in [0, 0.05) is 43.5 Å². The normalized spacial score (nSPS) is 15.5. The van der Waals surface area contributed by atoms with Crippen LogP contribution in [0.25, 0.3) is 10.8 Å². The number of rotatable bonds is 6. The first kappa shape index (κ1) is 23.0. The molecule has 1 heterocycles. The molecule has 166 valence electrons. The largest absolute Gasteiger partial charge is 0.507 e. The van der Waals surface area contributed by atoms with E-state index in [1.807, 2.05) is 49.4 Å². The van der Waals surface area contributed by atoms with Crippen molar-refractivity contribution in [3.05, 3.63) is 60.2 Å². The van der Waals surface area contributed by atoms with Crippen LogP contribution in [0.4, 0.5) is 5.69 Å².